The quantitative estimate of drug-likeness (QED) is 0.224. The van der Waals surface area contributed by atoms with Crippen molar-refractivity contribution in [2.75, 3.05) is 26.5 Å². The van der Waals surface area contributed by atoms with E-state index in [1.165, 1.54) is 11.4 Å². The van der Waals surface area contributed by atoms with Crippen molar-refractivity contribution in [3.63, 3.8) is 0 Å². The largest absolute Gasteiger partial charge is 0.330 e. The minimum absolute atomic E-state index is 0.00161. The fourth-order valence-electron chi connectivity index (χ4n) is 6.04. The van der Waals surface area contributed by atoms with Crippen LogP contribution in [-0.4, -0.2) is 76.0 Å². The first-order valence-corrected chi connectivity index (χ1v) is 17.6. The van der Waals surface area contributed by atoms with Crippen LogP contribution in [0.5, 0.6) is 0 Å². The van der Waals surface area contributed by atoms with Crippen LogP contribution in [0.1, 0.15) is 62.1 Å². The van der Waals surface area contributed by atoms with Gasteiger partial charge in [-0.2, -0.15) is 8.42 Å². The van der Waals surface area contributed by atoms with Crippen molar-refractivity contribution in [2.24, 2.45) is 5.41 Å². The third kappa shape index (κ3) is 6.87. The van der Waals surface area contributed by atoms with Gasteiger partial charge in [0.25, 0.3) is 10.1 Å². The maximum absolute atomic E-state index is 14.7. The van der Waals surface area contributed by atoms with Gasteiger partial charge in [0.1, 0.15) is 6.29 Å². The van der Waals surface area contributed by atoms with E-state index in [-0.39, 0.29) is 19.4 Å². The molecule has 1 amide bonds. The lowest BCUT2D eigenvalue weighted by molar-refractivity contribution is -0.156. The van der Waals surface area contributed by atoms with Gasteiger partial charge < -0.3 is 9.69 Å². The molecule has 42 heavy (non-hydrogen) atoms. The normalized spacial score (nSPS) is 24.1. The van der Waals surface area contributed by atoms with Gasteiger partial charge in [-0.3, -0.25) is 8.98 Å². The SMILES string of the molecule is CC[C@@H](CN(C)S(=O)(=O)C1CC1)N1C(=O)[C@@](CC=O)(CS(=O)(=O)OC)C[C@H](c2cccc(Cl)c2)[C@H]1c1ccc(Cl)cc1. The van der Waals surface area contributed by atoms with E-state index >= 15 is 0 Å². The van der Waals surface area contributed by atoms with Crippen molar-refractivity contribution in [3.05, 3.63) is 69.7 Å². The summed E-state index contributed by atoms with van der Waals surface area (Å²) in [5.74, 6) is -1.76. The van der Waals surface area contributed by atoms with Gasteiger partial charge in [0.05, 0.1) is 29.6 Å². The summed E-state index contributed by atoms with van der Waals surface area (Å²) in [5.41, 5.74) is -0.176. The van der Waals surface area contributed by atoms with Gasteiger partial charge in [-0.15, -0.1) is 0 Å². The van der Waals surface area contributed by atoms with Crippen LogP contribution >= 0.6 is 23.2 Å². The number of halogens is 2. The molecule has 1 heterocycles. The highest BCUT2D eigenvalue weighted by Crippen LogP contribution is 2.53. The van der Waals surface area contributed by atoms with Crippen LogP contribution in [0.25, 0.3) is 0 Å². The molecule has 2 aromatic rings. The van der Waals surface area contributed by atoms with Crippen LogP contribution in [0, 0.1) is 5.41 Å². The van der Waals surface area contributed by atoms with Crippen molar-refractivity contribution in [2.45, 2.75) is 62.3 Å². The Bertz CT molecular complexity index is 1510. The first-order valence-electron chi connectivity index (χ1n) is 13.8. The highest BCUT2D eigenvalue weighted by atomic mass is 35.5. The Morgan fingerprint density at radius 2 is 1.74 bits per heavy atom. The van der Waals surface area contributed by atoms with Gasteiger partial charge in [-0.05, 0) is 61.1 Å². The third-order valence-electron chi connectivity index (χ3n) is 8.36. The van der Waals surface area contributed by atoms with E-state index in [0.29, 0.717) is 35.6 Å². The first kappa shape index (κ1) is 32.9. The number of piperidine rings is 1. The van der Waals surface area contributed by atoms with Crippen LogP contribution in [-0.2, 0) is 33.9 Å². The van der Waals surface area contributed by atoms with Gasteiger partial charge >= 0.3 is 0 Å². The highest BCUT2D eigenvalue weighted by Gasteiger charge is 2.55. The molecule has 0 aromatic heterocycles. The van der Waals surface area contributed by atoms with Gasteiger partial charge in [0.2, 0.25) is 15.9 Å². The fraction of sp³-hybridized carbons (Fsp3) is 0.517. The monoisotopic (exact) mass is 658 g/mol. The molecule has 1 aliphatic heterocycles. The molecule has 4 rings (SSSR count). The molecule has 1 saturated carbocycles. The van der Waals surface area contributed by atoms with Crippen LogP contribution in [0.15, 0.2) is 48.5 Å². The standard InChI is InChI=1S/C29H36Cl2N2O7S2/c1-4-24(18-32(2)42(38,39)25-12-13-25)33-27(20-8-10-22(30)11-9-20)26(21-6-5-7-23(31)16-21)17-29(14-15-34,28(33)35)19-41(36,37)40-3/h5-11,15-16,24-27H,4,12-14,17-19H2,1-3H3/t24-,26+,27+,29+/m0/s1. The predicted octanol–water partition coefficient (Wildman–Crippen LogP) is 4.80. The number of rotatable bonds is 13. The minimum Gasteiger partial charge on any atom is -0.330 e. The number of carbonyl (C=O) groups is 2. The summed E-state index contributed by atoms with van der Waals surface area (Å²) in [4.78, 5) is 28.4. The molecule has 0 spiro atoms. The van der Waals surface area contributed by atoms with Crippen molar-refractivity contribution in [1.29, 1.82) is 0 Å². The van der Waals surface area contributed by atoms with Gasteiger partial charge in [-0.25, -0.2) is 12.7 Å². The summed E-state index contributed by atoms with van der Waals surface area (Å²) >= 11 is 12.6. The lowest BCUT2D eigenvalue weighted by Gasteiger charge is -2.53. The number of hydrogen-bond donors (Lipinski definition) is 0. The highest BCUT2D eigenvalue weighted by molar-refractivity contribution is 7.90. The second kappa shape index (κ2) is 12.9. The van der Waals surface area contributed by atoms with Gasteiger partial charge in [-0.1, -0.05) is 54.4 Å². The Hall–Kier alpha value is -2.02. The first-order chi connectivity index (χ1) is 19.8. The second-order valence-corrected chi connectivity index (χ2v) is 16.1. The number of sulfonamides is 1. The smallest absolute Gasteiger partial charge is 0.268 e. The molecule has 2 aromatic carbocycles. The topological polar surface area (TPSA) is 118 Å². The average molecular weight is 660 g/mol. The number of nitrogens with zero attached hydrogens (tertiary/aromatic N) is 2. The molecule has 230 valence electrons. The van der Waals surface area contributed by atoms with Crippen molar-refractivity contribution >= 4 is 55.5 Å². The molecule has 1 saturated heterocycles. The molecule has 0 N–H and O–H groups in total. The maximum atomic E-state index is 14.7. The molecule has 1 aliphatic carbocycles. The number of hydrogen-bond acceptors (Lipinski definition) is 7. The lowest BCUT2D eigenvalue weighted by Crippen LogP contribution is -2.60. The molecule has 2 fully saturated rings. The summed E-state index contributed by atoms with van der Waals surface area (Å²) < 4.78 is 58.1. The van der Waals surface area contributed by atoms with E-state index in [4.69, 9.17) is 27.4 Å². The zero-order valence-electron chi connectivity index (χ0n) is 23.8. The maximum Gasteiger partial charge on any atom is 0.268 e. The molecular weight excluding hydrogens is 623 g/mol. The molecule has 0 unspecified atom stereocenters. The summed E-state index contributed by atoms with van der Waals surface area (Å²) in [6, 6.07) is 12.9. The van der Waals surface area contributed by atoms with E-state index in [1.54, 1.807) is 47.4 Å². The van der Waals surface area contributed by atoms with Crippen molar-refractivity contribution in [1.82, 2.24) is 9.21 Å². The molecular formula is C29H36Cl2N2O7S2. The fourth-order valence-corrected chi connectivity index (χ4v) is 9.14. The van der Waals surface area contributed by atoms with Crippen molar-refractivity contribution < 1.29 is 30.6 Å². The second-order valence-electron chi connectivity index (χ2n) is 11.2. The summed E-state index contributed by atoms with van der Waals surface area (Å²) in [6.45, 7) is 1.85. The van der Waals surface area contributed by atoms with E-state index in [0.717, 1.165) is 18.2 Å². The number of amides is 1. The molecule has 4 atom stereocenters. The minimum atomic E-state index is -4.20. The Morgan fingerprint density at radius 3 is 2.29 bits per heavy atom. The summed E-state index contributed by atoms with van der Waals surface area (Å²) in [7, 11) is -5.24. The van der Waals surface area contributed by atoms with Gasteiger partial charge in [0, 0.05) is 42.0 Å². The zero-order valence-corrected chi connectivity index (χ0v) is 26.9. The van der Waals surface area contributed by atoms with E-state index in [9.17, 15) is 26.4 Å². The van der Waals surface area contributed by atoms with Crippen LogP contribution in [0.4, 0.5) is 0 Å². The third-order valence-corrected chi connectivity index (χ3v) is 12.6. The summed E-state index contributed by atoms with van der Waals surface area (Å²) in [5, 5.41) is 0.512. The lowest BCUT2D eigenvalue weighted by atomic mass is 9.67. The Morgan fingerprint density at radius 1 is 1.07 bits per heavy atom. The molecule has 0 bridgehead atoms. The van der Waals surface area contributed by atoms with E-state index in [1.807, 2.05) is 13.0 Å². The Kier molecular flexibility index (Phi) is 10.1. The van der Waals surface area contributed by atoms with E-state index in [2.05, 4.69) is 0 Å². The average Bonchev–Trinajstić information content (AvgIpc) is 3.80. The molecule has 13 heteroatoms. The van der Waals surface area contributed by atoms with Crippen LogP contribution < -0.4 is 0 Å². The number of benzene rings is 2. The summed E-state index contributed by atoms with van der Waals surface area (Å²) in [6.07, 6.45) is 1.77. The van der Waals surface area contributed by atoms with Gasteiger partial charge in [0.15, 0.2) is 0 Å². The Labute approximate surface area is 258 Å². The predicted molar refractivity (Wildman–Crippen MR) is 162 cm³/mol. The molecule has 9 nitrogen and oxygen atoms in total. The van der Waals surface area contributed by atoms with Crippen LogP contribution in [0.3, 0.4) is 0 Å². The molecule has 2 aliphatic rings. The van der Waals surface area contributed by atoms with Crippen LogP contribution in [0.2, 0.25) is 10.0 Å². The van der Waals surface area contributed by atoms with Crippen molar-refractivity contribution in [3.8, 4) is 0 Å². The zero-order chi connectivity index (χ0) is 30.9. The van der Waals surface area contributed by atoms with E-state index < -0.39 is 60.5 Å². The Balaban J connectivity index is 1.94. The molecule has 0 radical (unpaired) electrons. The number of carbonyl (C=O) groups excluding carboxylic acids is 2. The number of likely N-dealkylation sites (tertiary alicyclic amines) is 1. The number of likely N-dealkylation sites (N-methyl/N-ethyl adjacent to an activating group) is 1. The number of aldehydes is 1.